The van der Waals surface area contributed by atoms with Crippen LogP contribution in [-0.4, -0.2) is 0 Å². The molecule has 0 amide bonds. The van der Waals surface area contributed by atoms with Crippen molar-refractivity contribution in [3.8, 4) is 6.07 Å². The predicted octanol–water partition coefficient (Wildman–Crippen LogP) is 5.81. The maximum atomic E-state index is 13.0. The van der Waals surface area contributed by atoms with Crippen LogP contribution in [-0.2, 0) is 6.18 Å². The smallest absolute Gasteiger partial charge is 0.193 e. The molecule has 0 spiro atoms. The van der Waals surface area contributed by atoms with Gasteiger partial charge in [0.25, 0.3) is 0 Å². The summed E-state index contributed by atoms with van der Waals surface area (Å²) in [6.07, 6.45) is -3.14. The first kappa shape index (κ1) is 15.8. The van der Waals surface area contributed by atoms with Gasteiger partial charge in [-0.3, -0.25) is 0 Å². The number of nitrogens with zero attached hydrogens (tertiary/aromatic N) is 1. The highest BCUT2D eigenvalue weighted by molar-refractivity contribution is 5.98. The molecule has 0 fully saturated rings. The van der Waals surface area contributed by atoms with E-state index in [0.29, 0.717) is 11.1 Å². The average Bonchev–Trinajstić information content (AvgIpc) is 2.59. The van der Waals surface area contributed by atoms with E-state index >= 15 is 0 Å². The van der Waals surface area contributed by atoms with Crippen LogP contribution in [0.25, 0.3) is 16.3 Å². The summed E-state index contributed by atoms with van der Waals surface area (Å²) in [6.45, 7) is 0. The largest absolute Gasteiger partial charge is 0.416 e. The molecule has 118 valence electrons. The molecular formula is C20H12F3N. The predicted molar refractivity (Wildman–Crippen MR) is 88.1 cm³/mol. The van der Waals surface area contributed by atoms with Crippen LogP contribution in [0, 0.1) is 11.3 Å². The lowest BCUT2D eigenvalue weighted by atomic mass is 9.92. The minimum atomic E-state index is -4.42. The third-order valence-corrected chi connectivity index (χ3v) is 3.79. The van der Waals surface area contributed by atoms with Crippen LogP contribution < -0.4 is 0 Å². The summed E-state index contributed by atoms with van der Waals surface area (Å²) in [4.78, 5) is 0. The summed E-state index contributed by atoms with van der Waals surface area (Å²) < 4.78 is 39.0. The maximum absolute atomic E-state index is 13.0. The highest BCUT2D eigenvalue weighted by Gasteiger charge is 2.30. The molecule has 0 aromatic heterocycles. The molecule has 0 saturated heterocycles. The summed E-state index contributed by atoms with van der Waals surface area (Å²) >= 11 is 0. The summed E-state index contributed by atoms with van der Waals surface area (Å²) in [5.41, 5.74) is 0.834. The minimum absolute atomic E-state index is 0.364. The standard InChI is InChI=1S/C20H12F3N/c21-20(22,23)16-8-3-7-15(13-16)18(11-12-24)19-10-4-6-14-5-1-2-9-17(14)19/h1-11,13H/b18-11-. The fourth-order valence-electron chi connectivity index (χ4n) is 2.70. The number of benzene rings is 3. The Bertz CT molecular complexity index is 957. The Morgan fingerprint density at radius 2 is 1.62 bits per heavy atom. The highest BCUT2D eigenvalue weighted by atomic mass is 19.4. The van der Waals surface area contributed by atoms with Crippen LogP contribution >= 0.6 is 0 Å². The van der Waals surface area contributed by atoms with Crippen molar-refractivity contribution in [2.45, 2.75) is 6.18 Å². The van der Waals surface area contributed by atoms with Crippen LogP contribution in [0.5, 0.6) is 0 Å². The highest BCUT2D eigenvalue weighted by Crippen LogP contribution is 2.34. The Labute approximate surface area is 137 Å². The van der Waals surface area contributed by atoms with Gasteiger partial charge >= 0.3 is 6.18 Å². The summed E-state index contributed by atoms with van der Waals surface area (Å²) in [6, 6.07) is 20.1. The van der Waals surface area contributed by atoms with Gasteiger partial charge in [-0.05, 0) is 39.6 Å². The van der Waals surface area contributed by atoms with Crippen molar-refractivity contribution >= 4 is 16.3 Å². The molecule has 24 heavy (non-hydrogen) atoms. The fourth-order valence-corrected chi connectivity index (χ4v) is 2.70. The molecule has 0 bridgehead atoms. The first-order valence-corrected chi connectivity index (χ1v) is 7.26. The first-order valence-electron chi connectivity index (χ1n) is 7.26. The van der Waals surface area contributed by atoms with E-state index in [0.717, 1.165) is 28.5 Å². The van der Waals surface area contributed by atoms with Crippen LogP contribution in [0.1, 0.15) is 16.7 Å². The Morgan fingerprint density at radius 1 is 0.917 bits per heavy atom. The van der Waals surface area contributed by atoms with Crippen molar-refractivity contribution in [3.63, 3.8) is 0 Å². The number of alkyl halides is 3. The van der Waals surface area contributed by atoms with Gasteiger partial charge in [-0.1, -0.05) is 54.6 Å². The molecule has 3 aromatic rings. The Balaban J connectivity index is 2.22. The van der Waals surface area contributed by atoms with Crippen LogP contribution in [0.3, 0.4) is 0 Å². The number of hydrogen-bond acceptors (Lipinski definition) is 1. The first-order chi connectivity index (χ1) is 11.5. The van der Waals surface area contributed by atoms with Gasteiger partial charge in [0.2, 0.25) is 0 Å². The van der Waals surface area contributed by atoms with Gasteiger partial charge in [0.05, 0.1) is 11.6 Å². The second kappa shape index (κ2) is 6.21. The summed E-state index contributed by atoms with van der Waals surface area (Å²) in [7, 11) is 0. The monoisotopic (exact) mass is 323 g/mol. The molecule has 0 aliphatic rings. The Morgan fingerprint density at radius 3 is 2.38 bits per heavy atom. The molecule has 0 atom stereocenters. The van der Waals surface area contributed by atoms with E-state index in [-0.39, 0.29) is 0 Å². The normalized spacial score (nSPS) is 12.2. The lowest BCUT2D eigenvalue weighted by molar-refractivity contribution is -0.137. The summed E-state index contributed by atoms with van der Waals surface area (Å²) in [5, 5.41) is 11.0. The van der Waals surface area contributed by atoms with E-state index < -0.39 is 11.7 Å². The zero-order chi connectivity index (χ0) is 17.2. The molecule has 0 aliphatic heterocycles. The van der Waals surface area contributed by atoms with Crippen molar-refractivity contribution in [1.29, 1.82) is 5.26 Å². The maximum Gasteiger partial charge on any atom is 0.416 e. The number of rotatable bonds is 2. The number of nitriles is 1. The molecule has 0 saturated carbocycles. The van der Waals surface area contributed by atoms with Crippen molar-refractivity contribution in [2.75, 3.05) is 0 Å². The number of hydrogen-bond donors (Lipinski definition) is 0. The molecule has 3 rings (SSSR count). The van der Waals surface area contributed by atoms with Gasteiger partial charge in [0, 0.05) is 6.08 Å². The molecule has 0 radical (unpaired) electrons. The van der Waals surface area contributed by atoms with Crippen molar-refractivity contribution in [2.24, 2.45) is 0 Å². The number of halogens is 3. The molecular weight excluding hydrogens is 311 g/mol. The molecule has 3 aromatic carbocycles. The lowest BCUT2D eigenvalue weighted by Crippen LogP contribution is -2.05. The third kappa shape index (κ3) is 3.02. The van der Waals surface area contributed by atoms with Crippen LogP contribution in [0.4, 0.5) is 13.2 Å². The van der Waals surface area contributed by atoms with Gasteiger partial charge in [-0.15, -0.1) is 0 Å². The zero-order valence-electron chi connectivity index (χ0n) is 12.5. The number of allylic oxidation sites excluding steroid dienone is 1. The van der Waals surface area contributed by atoms with E-state index in [4.69, 9.17) is 5.26 Å². The van der Waals surface area contributed by atoms with Gasteiger partial charge in [-0.2, -0.15) is 18.4 Å². The SMILES string of the molecule is N#C/C=C(/c1cccc(C(F)(F)F)c1)c1cccc2ccccc12. The van der Waals surface area contributed by atoms with Crippen LogP contribution in [0.2, 0.25) is 0 Å². The summed E-state index contributed by atoms with van der Waals surface area (Å²) in [5.74, 6) is 0. The third-order valence-electron chi connectivity index (χ3n) is 3.79. The average molecular weight is 323 g/mol. The van der Waals surface area contributed by atoms with E-state index in [9.17, 15) is 13.2 Å². The molecule has 0 N–H and O–H groups in total. The Hall–Kier alpha value is -3.06. The zero-order valence-corrected chi connectivity index (χ0v) is 12.5. The van der Waals surface area contributed by atoms with Gasteiger partial charge in [0.1, 0.15) is 0 Å². The van der Waals surface area contributed by atoms with Gasteiger partial charge in [0.15, 0.2) is 0 Å². The minimum Gasteiger partial charge on any atom is -0.193 e. The second-order valence-corrected chi connectivity index (χ2v) is 5.29. The molecule has 0 heterocycles. The molecule has 0 aliphatic carbocycles. The van der Waals surface area contributed by atoms with Gasteiger partial charge in [-0.25, -0.2) is 0 Å². The number of fused-ring (bicyclic) bond motifs is 1. The second-order valence-electron chi connectivity index (χ2n) is 5.29. The van der Waals surface area contributed by atoms with E-state index in [1.54, 1.807) is 6.07 Å². The molecule has 0 unspecified atom stereocenters. The van der Waals surface area contributed by atoms with Crippen molar-refractivity contribution in [1.82, 2.24) is 0 Å². The van der Waals surface area contributed by atoms with Crippen molar-refractivity contribution < 1.29 is 13.2 Å². The van der Waals surface area contributed by atoms with E-state index in [2.05, 4.69) is 0 Å². The van der Waals surface area contributed by atoms with E-state index in [1.165, 1.54) is 12.1 Å². The topological polar surface area (TPSA) is 23.8 Å². The molecule has 4 heteroatoms. The van der Waals surface area contributed by atoms with Gasteiger partial charge < -0.3 is 0 Å². The quantitative estimate of drug-likeness (QED) is 0.546. The Kier molecular flexibility index (Phi) is 4.09. The van der Waals surface area contributed by atoms with E-state index in [1.807, 2.05) is 48.5 Å². The van der Waals surface area contributed by atoms with Crippen molar-refractivity contribution in [3.05, 3.63) is 89.5 Å². The van der Waals surface area contributed by atoms with Crippen LogP contribution in [0.15, 0.2) is 72.8 Å². The molecule has 1 nitrogen and oxygen atoms in total. The lowest BCUT2D eigenvalue weighted by Gasteiger charge is -2.13. The fraction of sp³-hybridized carbons (Fsp3) is 0.0500.